The molecule has 0 aliphatic carbocycles. The molecule has 0 spiro atoms. The van der Waals surface area contributed by atoms with Gasteiger partial charge in [-0.15, -0.1) is 15.3 Å². The van der Waals surface area contributed by atoms with Gasteiger partial charge in [0.1, 0.15) is 5.82 Å². The highest BCUT2D eigenvalue weighted by Gasteiger charge is 2.17. The predicted molar refractivity (Wildman–Crippen MR) is 88.7 cm³/mol. The van der Waals surface area contributed by atoms with E-state index in [1.165, 1.54) is 5.56 Å². The first-order chi connectivity index (χ1) is 11.2. The number of anilines is 1. The molecule has 23 heavy (non-hydrogen) atoms. The third-order valence-corrected chi connectivity index (χ3v) is 4.19. The van der Waals surface area contributed by atoms with Crippen molar-refractivity contribution in [1.29, 1.82) is 0 Å². The Morgan fingerprint density at radius 1 is 1.00 bits per heavy atom. The van der Waals surface area contributed by atoms with E-state index in [4.69, 9.17) is 9.84 Å². The van der Waals surface area contributed by atoms with Crippen LogP contribution in [0.15, 0.2) is 30.3 Å². The number of ether oxygens (including phenoxy) is 1. The van der Waals surface area contributed by atoms with Crippen LogP contribution >= 0.6 is 0 Å². The van der Waals surface area contributed by atoms with Crippen LogP contribution in [0.4, 0.5) is 5.82 Å². The first-order valence-corrected chi connectivity index (χ1v) is 7.85. The summed E-state index contributed by atoms with van der Waals surface area (Å²) in [5, 5.41) is 13.4. The summed E-state index contributed by atoms with van der Waals surface area (Å²) in [7, 11) is 0. The number of aromatic nitrogens is 4. The molecule has 3 heterocycles. The van der Waals surface area contributed by atoms with E-state index in [2.05, 4.69) is 59.3 Å². The lowest BCUT2D eigenvalue weighted by atomic mass is 10.1. The number of fused-ring (bicyclic) bond motifs is 1. The fraction of sp³-hybridized carbons (Fsp3) is 0.353. The molecule has 0 N–H and O–H groups in total. The zero-order valence-corrected chi connectivity index (χ0v) is 13.4. The minimum atomic E-state index is 0.742. The highest BCUT2D eigenvalue weighted by molar-refractivity contribution is 5.62. The van der Waals surface area contributed by atoms with Crippen molar-refractivity contribution in [2.24, 2.45) is 0 Å². The molecule has 1 saturated heterocycles. The van der Waals surface area contributed by atoms with Gasteiger partial charge in [-0.2, -0.15) is 4.52 Å². The maximum atomic E-state index is 5.43. The fourth-order valence-electron chi connectivity index (χ4n) is 2.84. The molecule has 0 amide bonds. The first-order valence-electron chi connectivity index (χ1n) is 7.85. The van der Waals surface area contributed by atoms with Crippen molar-refractivity contribution < 1.29 is 4.74 Å². The molecule has 0 bridgehead atoms. The fourth-order valence-corrected chi connectivity index (χ4v) is 2.84. The van der Waals surface area contributed by atoms with Gasteiger partial charge in [0, 0.05) is 18.7 Å². The van der Waals surface area contributed by atoms with Crippen molar-refractivity contribution >= 4 is 11.5 Å². The Balaban J connectivity index is 1.83. The molecule has 0 unspecified atom stereocenters. The summed E-state index contributed by atoms with van der Waals surface area (Å²) < 4.78 is 7.28. The molecule has 4 rings (SSSR count). The third-order valence-electron chi connectivity index (χ3n) is 4.19. The monoisotopic (exact) mass is 309 g/mol. The molecular weight excluding hydrogens is 290 g/mol. The van der Waals surface area contributed by atoms with Crippen LogP contribution in [0, 0.1) is 13.8 Å². The standard InChI is InChI=1S/C17H19N5O/c1-12-3-5-14(6-4-12)17-19-18-16-13(2)11-15(20-22(16)17)21-7-9-23-10-8-21/h3-6,11H,7-10H2,1-2H3. The van der Waals surface area contributed by atoms with Crippen LogP contribution < -0.4 is 4.90 Å². The van der Waals surface area contributed by atoms with Gasteiger partial charge in [-0.25, -0.2) is 0 Å². The van der Waals surface area contributed by atoms with Gasteiger partial charge in [0.15, 0.2) is 11.5 Å². The highest BCUT2D eigenvalue weighted by atomic mass is 16.5. The lowest BCUT2D eigenvalue weighted by Gasteiger charge is -2.27. The molecule has 0 saturated carbocycles. The molecule has 1 aliphatic heterocycles. The lowest BCUT2D eigenvalue weighted by molar-refractivity contribution is 0.122. The molecule has 6 nitrogen and oxygen atoms in total. The summed E-state index contributed by atoms with van der Waals surface area (Å²) in [4.78, 5) is 2.24. The Hall–Kier alpha value is -2.47. The Labute approximate surface area is 134 Å². The number of nitrogens with zero attached hydrogens (tertiary/aromatic N) is 5. The van der Waals surface area contributed by atoms with E-state index in [1.807, 2.05) is 4.52 Å². The minimum Gasteiger partial charge on any atom is -0.378 e. The van der Waals surface area contributed by atoms with E-state index in [0.29, 0.717) is 0 Å². The van der Waals surface area contributed by atoms with Crippen LogP contribution in [0.5, 0.6) is 0 Å². The molecule has 1 fully saturated rings. The summed E-state index contributed by atoms with van der Waals surface area (Å²) in [5.41, 5.74) is 4.12. The number of morpholine rings is 1. The van der Waals surface area contributed by atoms with Crippen molar-refractivity contribution in [1.82, 2.24) is 19.8 Å². The molecule has 0 radical (unpaired) electrons. The van der Waals surface area contributed by atoms with Crippen molar-refractivity contribution in [2.45, 2.75) is 13.8 Å². The summed E-state index contributed by atoms with van der Waals surface area (Å²) in [5.74, 6) is 1.73. The lowest BCUT2D eigenvalue weighted by Crippen LogP contribution is -2.37. The SMILES string of the molecule is Cc1ccc(-c2nnc3c(C)cc(N4CCOCC4)nn23)cc1. The molecule has 2 aromatic heterocycles. The van der Waals surface area contributed by atoms with Crippen LogP contribution in [-0.2, 0) is 4.74 Å². The summed E-state index contributed by atoms with van der Waals surface area (Å²) >= 11 is 0. The average molecular weight is 309 g/mol. The number of benzene rings is 1. The van der Waals surface area contributed by atoms with E-state index in [1.54, 1.807) is 0 Å². The Bertz CT molecular complexity index is 834. The largest absolute Gasteiger partial charge is 0.378 e. The van der Waals surface area contributed by atoms with E-state index >= 15 is 0 Å². The first kappa shape index (κ1) is 14.1. The predicted octanol–water partition coefficient (Wildman–Crippen LogP) is 2.24. The molecule has 1 aliphatic rings. The molecule has 118 valence electrons. The van der Waals surface area contributed by atoms with Gasteiger partial charge in [0.25, 0.3) is 0 Å². The smallest absolute Gasteiger partial charge is 0.185 e. The van der Waals surface area contributed by atoms with Gasteiger partial charge >= 0.3 is 0 Å². The maximum absolute atomic E-state index is 5.43. The van der Waals surface area contributed by atoms with Crippen LogP contribution in [0.2, 0.25) is 0 Å². The van der Waals surface area contributed by atoms with Gasteiger partial charge in [-0.1, -0.05) is 29.8 Å². The van der Waals surface area contributed by atoms with Crippen molar-refractivity contribution in [2.75, 3.05) is 31.2 Å². The Kier molecular flexibility index (Phi) is 3.46. The highest BCUT2D eigenvalue weighted by Crippen LogP contribution is 2.22. The number of rotatable bonds is 2. The van der Waals surface area contributed by atoms with Crippen molar-refractivity contribution in [3.63, 3.8) is 0 Å². The van der Waals surface area contributed by atoms with Crippen molar-refractivity contribution in [3.8, 4) is 11.4 Å². The quantitative estimate of drug-likeness (QED) is 0.727. The van der Waals surface area contributed by atoms with E-state index in [0.717, 1.165) is 54.7 Å². The molecule has 1 aromatic carbocycles. The van der Waals surface area contributed by atoms with Crippen LogP contribution in [0.3, 0.4) is 0 Å². The van der Waals surface area contributed by atoms with Crippen molar-refractivity contribution in [3.05, 3.63) is 41.5 Å². The second-order valence-electron chi connectivity index (χ2n) is 5.91. The number of hydrogen-bond donors (Lipinski definition) is 0. The second kappa shape index (κ2) is 5.62. The minimum absolute atomic E-state index is 0.742. The van der Waals surface area contributed by atoms with Gasteiger partial charge in [0.05, 0.1) is 13.2 Å². The van der Waals surface area contributed by atoms with Crippen LogP contribution in [-0.4, -0.2) is 46.1 Å². The van der Waals surface area contributed by atoms with E-state index in [9.17, 15) is 0 Å². The van der Waals surface area contributed by atoms with E-state index < -0.39 is 0 Å². The maximum Gasteiger partial charge on any atom is 0.185 e. The van der Waals surface area contributed by atoms with E-state index in [-0.39, 0.29) is 0 Å². The number of hydrogen-bond acceptors (Lipinski definition) is 5. The zero-order valence-electron chi connectivity index (χ0n) is 13.4. The van der Waals surface area contributed by atoms with Gasteiger partial charge in [-0.3, -0.25) is 0 Å². The second-order valence-corrected chi connectivity index (χ2v) is 5.91. The third kappa shape index (κ3) is 2.55. The average Bonchev–Trinajstić information content (AvgIpc) is 3.01. The van der Waals surface area contributed by atoms with Gasteiger partial charge in [0.2, 0.25) is 0 Å². The zero-order chi connectivity index (χ0) is 15.8. The van der Waals surface area contributed by atoms with Gasteiger partial charge in [-0.05, 0) is 25.5 Å². The summed E-state index contributed by atoms with van der Waals surface area (Å²) in [6.07, 6.45) is 0. The Morgan fingerprint density at radius 2 is 1.74 bits per heavy atom. The normalized spacial score (nSPS) is 15.3. The van der Waals surface area contributed by atoms with Crippen LogP contribution in [0.1, 0.15) is 11.1 Å². The van der Waals surface area contributed by atoms with Gasteiger partial charge < -0.3 is 9.64 Å². The molecule has 6 heteroatoms. The Morgan fingerprint density at radius 3 is 2.48 bits per heavy atom. The summed E-state index contributed by atoms with van der Waals surface area (Å²) in [6.45, 7) is 7.33. The van der Waals surface area contributed by atoms with Crippen LogP contribution in [0.25, 0.3) is 17.0 Å². The molecular formula is C17H19N5O. The topological polar surface area (TPSA) is 55.5 Å². The summed E-state index contributed by atoms with van der Waals surface area (Å²) in [6, 6.07) is 10.4. The number of aryl methyl sites for hydroxylation is 2. The molecule has 3 aromatic rings. The molecule has 0 atom stereocenters.